The Labute approximate surface area is 147 Å². The van der Waals surface area contributed by atoms with Crippen molar-refractivity contribution >= 4 is 11.6 Å². The van der Waals surface area contributed by atoms with Crippen LogP contribution in [0, 0.1) is 12.7 Å². The van der Waals surface area contributed by atoms with E-state index in [2.05, 4.69) is 9.88 Å². The van der Waals surface area contributed by atoms with E-state index in [0.29, 0.717) is 18.8 Å². The zero-order valence-electron chi connectivity index (χ0n) is 14.5. The Morgan fingerprint density at radius 1 is 1.20 bits per heavy atom. The number of pyridine rings is 1. The van der Waals surface area contributed by atoms with Crippen molar-refractivity contribution < 1.29 is 13.9 Å². The summed E-state index contributed by atoms with van der Waals surface area (Å²) in [6.07, 6.45) is 4.49. The van der Waals surface area contributed by atoms with Crippen LogP contribution in [0.3, 0.4) is 0 Å². The maximum absolute atomic E-state index is 13.6. The molecular formula is C19H22FN3O2. The zero-order chi connectivity index (χ0) is 17.8. The van der Waals surface area contributed by atoms with Crippen LogP contribution in [0.25, 0.3) is 0 Å². The third kappa shape index (κ3) is 3.73. The van der Waals surface area contributed by atoms with Crippen LogP contribution in [0.15, 0.2) is 36.7 Å². The van der Waals surface area contributed by atoms with Gasteiger partial charge in [0.25, 0.3) is 5.91 Å². The van der Waals surface area contributed by atoms with Crippen LogP contribution < -0.4 is 9.64 Å². The molecule has 0 atom stereocenters. The number of aryl methyl sites for hydroxylation is 1. The molecule has 0 unspecified atom stereocenters. The monoisotopic (exact) mass is 343 g/mol. The van der Waals surface area contributed by atoms with Crippen LogP contribution in [0.2, 0.25) is 0 Å². The van der Waals surface area contributed by atoms with Gasteiger partial charge in [-0.05, 0) is 43.2 Å². The number of methoxy groups -OCH3 is 1. The average molecular weight is 343 g/mol. The summed E-state index contributed by atoms with van der Waals surface area (Å²) in [5, 5.41) is 0. The van der Waals surface area contributed by atoms with Gasteiger partial charge in [0.15, 0.2) is 0 Å². The van der Waals surface area contributed by atoms with Gasteiger partial charge in [-0.2, -0.15) is 0 Å². The van der Waals surface area contributed by atoms with Gasteiger partial charge in [-0.15, -0.1) is 0 Å². The molecule has 1 aliphatic heterocycles. The van der Waals surface area contributed by atoms with Gasteiger partial charge in [0.05, 0.1) is 12.7 Å². The molecule has 0 saturated carbocycles. The molecule has 1 fully saturated rings. The van der Waals surface area contributed by atoms with Crippen LogP contribution >= 0.6 is 0 Å². The number of aromatic nitrogens is 1. The average Bonchev–Trinajstić information content (AvgIpc) is 2.87. The van der Waals surface area contributed by atoms with Crippen molar-refractivity contribution in [3.05, 3.63) is 53.6 Å². The SMILES string of the molecule is COc1ccc(F)cc1C(=O)N1CCCN(c2ccncc2C)CC1. The number of ether oxygens (including phenoxy) is 1. The van der Waals surface area contributed by atoms with Crippen molar-refractivity contribution in [1.29, 1.82) is 0 Å². The number of hydrogen-bond donors (Lipinski definition) is 0. The van der Waals surface area contributed by atoms with Crippen molar-refractivity contribution in [3.63, 3.8) is 0 Å². The molecule has 5 nitrogen and oxygen atoms in total. The van der Waals surface area contributed by atoms with Gasteiger partial charge in [-0.1, -0.05) is 0 Å². The first-order valence-corrected chi connectivity index (χ1v) is 8.38. The van der Waals surface area contributed by atoms with Crippen LogP contribution in [0.4, 0.5) is 10.1 Å². The Morgan fingerprint density at radius 3 is 2.80 bits per heavy atom. The van der Waals surface area contributed by atoms with E-state index in [4.69, 9.17) is 4.74 Å². The number of benzene rings is 1. The van der Waals surface area contributed by atoms with Crippen molar-refractivity contribution in [2.24, 2.45) is 0 Å². The van der Waals surface area contributed by atoms with Gasteiger partial charge in [0, 0.05) is 44.3 Å². The number of hydrogen-bond acceptors (Lipinski definition) is 4. The largest absolute Gasteiger partial charge is 0.496 e. The Balaban J connectivity index is 1.76. The van der Waals surface area contributed by atoms with E-state index in [1.807, 2.05) is 19.2 Å². The molecule has 1 aromatic carbocycles. The summed E-state index contributed by atoms with van der Waals surface area (Å²) in [5.74, 6) is -0.227. The van der Waals surface area contributed by atoms with Gasteiger partial charge in [-0.25, -0.2) is 4.39 Å². The molecule has 0 spiro atoms. The van der Waals surface area contributed by atoms with E-state index in [1.54, 1.807) is 11.1 Å². The Hall–Kier alpha value is -2.63. The minimum Gasteiger partial charge on any atom is -0.496 e. The summed E-state index contributed by atoms with van der Waals surface area (Å²) in [7, 11) is 1.49. The predicted octanol–water partition coefficient (Wildman–Crippen LogP) is 2.89. The topological polar surface area (TPSA) is 45.7 Å². The highest BCUT2D eigenvalue weighted by molar-refractivity contribution is 5.97. The van der Waals surface area contributed by atoms with E-state index in [-0.39, 0.29) is 11.5 Å². The second kappa shape index (κ2) is 7.51. The smallest absolute Gasteiger partial charge is 0.257 e. The lowest BCUT2D eigenvalue weighted by Gasteiger charge is -2.25. The van der Waals surface area contributed by atoms with Gasteiger partial charge in [0.1, 0.15) is 11.6 Å². The number of anilines is 1. The number of nitrogens with zero attached hydrogens (tertiary/aromatic N) is 3. The first kappa shape index (κ1) is 17.2. The van der Waals surface area contributed by atoms with Crippen LogP contribution in [0.1, 0.15) is 22.3 Å². The number of rotatable bonds is 3. The Morgan fingerprint density at radius 2 is 2.04 bits per heavy atom. The maximum atomic E-state index is 13.6. The van der Waals surface area contributed by atoms with Crippen molar-refractivity contribution in [2.75, 3.05) is 38.2 Å². The first-order chi connectivity index (χ1) is 12.1. The molecule has 1 aromatic heterocycles. The summed E-state index contributed by atoms with van der Waals surface area (Å²) in [4.78, 5) is 21.0. The van der Waals surface area contributed by atoms with E-state index in [0.717, 1.165) is 30.8 Å². The fourth-order valence-corrected chi connectivity index (χ4v) is 3.20. The molecule has 0 N–H and O–H groups in total. The molecule has 1 amide bonds. The van der Waals surface area contributed by atoms with Gasteiger partial charge >= 0.3 is 0 Å². The summed E-state index contributed by atoms with van der Waals surface area (Å²) in [5.41, 5.74) is 2.54. The van der Waals surface area contributed by atoms with Crippen molar-refractivity contribution in [1.82, 2.24) is 9.88 Å². The molecule has 0 aliphatic carbocycles. The van der Waals surface area contributed by atoms with E-state index >= 15 is 0 Å². The third-order valence-corrected chi connectivity index (χ3v) is 4.51. The lowest BCUT2D eigenvalue weighted by molar-refractivity contribution is 0.0763. The number of amides is 1. The Bertz CT molecular complexity index is 766. The lowest BCUT2D eigenvalue weighted by Crippen LogP contribution is -2.35. The molecule has 1 saturated heterocycles. The molecule has 1 aliphatic rings. The summed E-state index contributed by atoms with van der Waals surface area (Å²) >= 11 is 0. The zero-order valence-corrected chi connectivity index (χ0v) is 14.5. The van der Waals surface area contributed by atoms with Crippen molar-refractivity contribution in [3.8, 4) is 5.75 Å². The van der Waals surface area contributed by atoms with Crippen LogP contribution in [-0.4, -0.2) is 49.1 Å². The van der Waals surface area contributed by atoms with E-state index in [9.17, 15) is 9.18 Å². The maximum Gasteiger partial charge on any atom is 0.257 e. The van der Waals surface area contributed by atoms with Gasteiger partial charge in [-0.3, -0.25) is 9.78 Å². The summed E-state index contributed by atoms with van der Waals surface area (Å²) in [6.45, 7) is 4.86. The van der Waals surface area contributed by atoms with E-state index < -0.39 is 5.82 Å². The highest BCUT2D eigenvalue weighted by Gasteiger charge is 2.23. The molecule has 6 heteroatoms. The second-order valence-corrected chi connectivity index (χ2v) is 6.14. The standard InChI is InChI=1S/C19H22FN3O2/c1-14-13-21-7-6-17(14)22-8-3-9-23(11-10-22)19(24)16-12-15(20)4-5-18(16)25-2/h4-7,12-13H,3,8-11H2,1-2H3. The minimum absolute atomic E-state index is 0.190. The molecule has 0 radical (unpaired) electrons. The fourth-order valence-electron chi connectivity index (χ4n) is 3.20. The quantitative estimate of drug-likeness (QED) is 0.860. The Kier molecular flexibility index (Phi) is 5.16. The highest BCUT2D eigenvalue weighted by Crippen LogP contribution is 2.24. The van der Waals surface area contributed by atoms with Crippen LogP contribution in [-0.2, 0) is 0 Å². The van der Waals surface area contributed by atoms with E-state index in [1.165, 1.54) is 25.3 Å². The summed E-state index contributed by atoms with van der Waals surface area (Å²) < 4.78 is 18.8. The lowest BCUT2D eigenvalue weighted by atomic mass is 10.1. The molecule has 2 aromatic rings. The second-order valence-electron chi connectivity index (χ2n) is 6.14. The van der Waals surface area contributed by atoms with Crippen LogP contribution in [0.5, 0.6) is 5.75 Å². The van der Waals surface area contributed by atoms with Gasteiger partial charge < -0.3 is 14.5 Å². The molecule has 25 heavy (non-hydrogen) atoms. The third-order valence-electron chi connectivity index (χ3n) is 4.51. The first-order valence-electron chi connectivity index (χ1n) is 8.38. The van der Waals surface area contributed by atoms with Crippen molar-refractivity contribution in [2.45, 2.75) is 13.3 Å². The fraction of sp³-hybridized carbons (Fsp3) is 0.368. The minimum atomic E-state index is -0.437. The number of carbonyl (C=O) groups is 1. The molecule has 2 heterocycles. The number of carbonyl (C=O) groups excluding carboxylic acids is 1. The predicted molar refractivity (Wildman–Crippen MR) is 94.7 cm³/mol. The molecule has 0 bridgehead atoms. The number of halogens is 1. The summed E-state index contributed by atoms with van der Waals surface area (Å²) in [6, 6.07) is 6.04. The molecule has 3 rings (SSSR count). The van der Waals surface area contributed by atoms with Gasteiger partial charge in [0.2, 0.25) is 0 Å². The molecule has 132 valence electrons. The normalized spacial score (nSPS) is 15.0. The molecular weight excluding hydrogens is 321 g/mol. The highest BCUT2D eigenvalue weighted by atomic mass is 19.1.